The fourth-order valence-corrected chi connectivity index (χ4v) is 5.84. The van der Waals surface area contributed by atoms with Crippen LogP contribution in [0, 0.1) is 22.7 Å². The van der Waals surface area contributed by atoms with Gasteiger partial charge in [-0.05, 0) is 54.8 Å². The highest BCUT2D eigenvalue weighted by Gasteiger charge is 2.54. The third-order valence-corrected chi connectivity index (χ3v) is 7.94. The van der Waals surface area contributed by atoms with Crippen LogP contribution in [0.4, 0.5) is 0 Å². The predicted molar refractivity (Wildman–Crippen MR) is 112 cm³/mol. The first-order valence-corrected chi connectivity index (χ1v) is 11.0. The lowest BCUT2D eigenvalue weighted by molar-refractivity contribution is -0.222. The fourth-order valence-electron chi connectivity index (χ4n) is 5.84. The second kappa shape index (κ2) is 8.12. The monoisotopic (exact) mass is 420 g/mol. The Labute approximate surface area is 179 Å². The van der Waals surface area contributed by atoms with Crippen LogP contribution in [0.15, 0.2) is 24.3 Å². The zero-order valence-corrected chi connectivity index (χ0v) is 18.9. The number of aliphatic hydroxyl groups is 1. The molecule has 2 aliphatic carbocycles. The van der Waals surface area contributed by atoms with Crippen LogP contribution in [0.3, 0.4) is 0 Å². The Morgan fingerprint density at radius 2 is 1.83 bits per heavy atom. The summed E-state index contributed by atoms with van der Waals surface area (Å²) in [5.74, 6) is -0.225. The third-order valence-electron chi connectivity index (χ3n) is 7.94. The first-order valence-electron chi connectivity index (χ1n) is 11.0. The molecule has 7 atom stereocenters. The Hall–Kier alpha value is -1.66. The highest BCUT2D eigenvalue weighted by Crippen LogP contribution is 2.62. The van der Waals surface area contributed by atoms with E-state index in [1.165, 1.54) is 19.4 Å². The van der Waals surface area contributed by atoms with Crippen molar-refractivity contribution < 1.29 is 28.9 Å². The molecule has 2 saturated carbocycles. The van der Waals surface area contributed by atoms with Gasteiger partial charge in [0.2, 0.25) is 12.6 Å². The van der Waals surface area contributed by atoms with Gasteiger partial charge in [0.1, 0.15) is 0 Å². The highest BCUT2D eigenvalue weighted by atomic mass is 16.8. The van der Waals surface area contributed by atoms with E-state index in [-0.39, 0.29) is 17.3 Å². The summed E-state index contributed by atoms with van der Waals surface area (Å²) >= 11 is 0. The van der Waals surface area contributed by atoms with Gasteiger partial charge in [0.05, 0.1) is 0 Å². The SMILES string of the molecule is C=C1CCC[C@@H]2[C@@](C)(/C=C/[C@]3(O)C[C@H](OC(C)=O)O[C@@H]3OC(C)=O)[C@H](C)CC[C@@]12C. The maximum Gasteiger partial charge on any atom is 0.305 e. The molecule has 0 spiro atoms. The smallest absolute Gasteiger partial charge is 0.305 e. The highest BCUT2D eigenvalue weighted by molar-refractivity contribution is 5.66. The lowest BCUT2D eigenvalue weighted by Gasteiger charge is -2.57. The number of allylic oxidation sites excluding steroid dienone is 2. The van der Waals surface area contributed by atoms with Crippen LogP contribution in [0.2, 0.25) is 0 Å². The predicted octanol–water partition coefficient (Wildman–Crippen LogP) is 4.27. The topological polar surface area (TPSA) is 82.1 Å². The summed E-state index contributed by atoms with van der Waals surface area (Å²) in [7, 11) is 0. The molecule has 3 rings (SSSR count). The van der Waals surface area contributed by atoms with Crippen LogP contribution in [0.25, 0.3) is 0 Å². The summed E-state index contributed by atoms with van der Waals surface area (Å²) in [6.45, 7) is 13.8. The van der Waals surface area contributed by atoms with Gasteiger partial charge in [-0.1, -0.05) is 45.1 Å². The molecular weight excluding hydrogens is 384 g/mol. The minimum absolute atomic E-state index is 0.0140. The molecule has 0 aromatic carbocycles. The van der Waals surface area contributed by atoms with E-state index >= 15 is 0 Å². The van der Waals surface area contributed by atoms with Gasteiger partial charge in [0, 0.05) is 20.3 Å². The lowest BCUT2D eigenvalue weighted by atomic mass is 9.47. The molecule has 1 saturated heterocycles. The molecule has 0 aromatic rings. The molecule has 0 amide bonds. The van der Waals surface area contributed by atoms with E-state index < -0.39 is 30.1 Å². The minimum atomic E-state index is -1.56. The second-order valence-corrected chi connectivity index (χ2v) is 9.92. The summed E-state index contributed by atoms with van der Waals surface area (Å²) in [6.07, 6.45) is 7.20. The lowest BCUT2D eigenvalue weighted by Crippen LogP contribution is -2.50. The molecule has 1 aliphatic heterocycles. The number of hydrogen-bond donors (Lipinski definition) is 1. The summed E-state index contributed by atoms with van der Waals surface area (Å²) in [5, 5.41) is 11.3. The maximum absolute atomic E-state index is 11.5. The van der Waals surface area contributed by atoms with E-state index in [0.717, 1.165) is 32.1 Å². The molecule has 6 heteroatoms. The van der Waals surface area contributed by atoms with Crippen LogP contribution in [0.1, 0.15) is 73.1 Å². The normalized spacial score (nSPS) is 44.0. The van der Waals surface area contributed by atoms with Gasteiger partial charge in [0.15, 0.2) is 5.60 Å². The van der Waals surface area contributed by atoms with E-state index in [1.54, 1.807) is 6.08 Å². The van der Waals surface area contributed by atoms with Gasteiger partial charge in [0.25, 0.3) is 0 Å². The average Bonchev–Trinajstić information content (AvgIpc) is 2.93. The first-order chi connectivity index (χ1) is 13.9. The van der Waals surface area contributed by atoms with E-state index in [0.29, 0.717) is 11.8 Å². The number of rotatable bonds is 4. The summed E-state index contributed by atoms with van der Waals surface area (Å²) < 4.78 is 15.9. The number of carbonyl (C=O) groups is 2. The van der Waals surface area contributed by atoms with Crippen LogP contribution in [0.5, 0.6) is 0 Å². The average molecular weight is 421 g/mol. The summed E-state index contributed by atoms with van der Waals surface area (Å²) in [5.41, 5.74) is -0.282. The molecule has 0 radical (unpaired) electrons. The Bertz CT molecular complexity index is 744. The van der Waals surface area contributed by atoms with E-state index in [9.17, 15) is 14.7 Å². The van der Waals surface area contributed by atoms with Gasteiger partial charge >= 0.3 is 11.9 Å². The van der Waals surface area contributed by atoms with Crippen molar-refractivity contribution in [2.75, 3.05) is 0 Å². The Kier molecular flexibility index (Phi) is 6.23. The zero-order chi connectivity index (χ0) is 22.3. The van der Waals surface area contributed by atoms with Crippen molar-refractivity contribution in [1.82, 2.24) is 0 Å². The van der Waals surface area contributed by atoms with Crippen molar-refractivity contribution in [3.05, 3.63) is 24.3 Å². The number of carbonyl (C=O) groups excluding carboxylic acids is 2. The maximum atomic E-state index is 11.5. The van der Waals surface area contributed by atoms with Gasteiger partial charge < -0.3 is 14.6 Å². The molecule has 0 bridgehead atoms. The third kappa shape index (κ3) is 4.09. The molecule has 6 nitrogen and oxygen atoms in total. The Balaban J connectivity index is 1.90. The molecular formula is C24H36O6. The van der Waals surface area contributed by atoms with Gasteiger partial charge in [-0.15, -0.1) is 0 Å². The van der Waals surface area contributed by atoms with Crippen molar-refractivity contribution in [3.8, 4) is 0 Å². The van der Waals surface area contributed by atoms with Gasteiger partial charge in [-0.2, -0.15) is 0 Å². The quantitative estimate of drug-likeness (QED) is 0.540. The zero-order valence-electron chi connectivity index (χ0n) is 18.9. The van der Waals surface area contributed by atoms with E-state index in [2.05, 4.69) is 33.4 Å². The number of esters is 2. The number of hydrogen-bond acceptors (Lipinski definition) is 6. The van der Waals surface area contributed by atoms with Crippen molar-refractivity contribution in [3.63, 3.8) is 0 Å². The van der Waals surface area contributed by atoms with Gasteiger partial charge in [-0.3, -0.25) is 14.3 Å². The minimum Gasteiger partial charge on any atom is -0.436 e. The van der Waals surface area contributed by atoms with Crippen LogP contribution in [-0.2, 0) is 23.8 Å². The molecule has 0 aromatic heterocycles. The molecule has 3 aliphatic rings. The molecule has 1 heterocycles. The molecule has 30 heavy (non-hydrogen) atoms. The van der Waals surface area contributed by atoms with Crippen molar-refractivity contribution >= 4 is 11.9 Å². The van der Waals surface area contributed by atoms with E-state index in [4.69, 9.17) is 14.2 Å². The molecule has 0 unspecified atom stereocenters. The van der Waals surface area contributed by atoms with E-state index in [1.807, 2.05) is 0 Å². The molecule has 1 N–H and O–H groups in total. The number of ether oxygens (including phenoxy) is 3. The van der Waals surface area contributed by atoms with Crippen molar-refractivity contribution in [2.45, 2.75) is 91.3 Å². The van der Waals surface area contributed by atoms with Crippen molar-refractivity contribution in [1.29, 1.82) is 0 Å². The fraction of sp³-hybridized carbons (Fsp3) is 0.750. The second-order valence-electron chi connectivity index (χ2n) is 9.92. The molecule has 168 valence electrons. The molecule has 3 fully saturated rings. The van der Waals surface area contributed by atoms with Crippen LogP contribution >= 0.6 is 0 Å². The largest absolute Gasteiger partial charge is 0.436 e. The first kappa shape index (κ1) is 23.0. The summed E-state index contributed by atoms with van der Waals surface area (Å²) in [4.78, 5) is 22.9. The Morgan fingerprint density at radius 1 is 1.17 bits per heavy atom. The standard InChI is InChI=1S/C24H36O6/c1-15-8-7-9-19-22(15,5)11-10-16(2)23(19,6)12-13-24(27)14-20(28-17(3)25)30-21(24)29-18(4)26/h12-13,16,19-21,27H,1,7-11,14H2,2-6H3/b13-12+/t16-,19+,20-,21+,22+,23+,24+/m1/s1. The van der Waals surface area contributed by atoms with Gasteiger partial charge in [-0.25, -0.2) is 0 Å². The van der Waals surface area contributed by atoms with Crippen LogP contribution < -0.4 is 0 Å². The summed E-state index contributed by atoms with van der Waals surface area (Å²) in [6, 6.07) is 0. The van der Waals surface area contributed by atoms with Crippen LogP contribution in [-0.4, -0.2) is 35.2 Å². The van der Waals surface area contributed by atoms with Crippen molar-refractivity contribution in [2.24, 2.45) is 22.7 Å². The Morgan fingerprint density at radius 3 is 2.47 bits per heavy atom. The number of fused-ring (bicyclic) bond motifs is 1.